The van der Waals surface area contributed by atoms with E-state index in [-0.39, 0.29) is 19.4 Å². The fraction of sp³-hybridized carbons (Fsp3) is 0.952. The summed E-state index contributed by atoms with van der Waals surface area (Å²) >= 11 is 0. The zero-order valence-electron chi connectivity index (χ0n) is 34.3. The Kier molecular flexibility index (Phi) is 38.5. The van der Waals surface area contributed by atoms with Crippen LogP contribution in [0.3, 0.4) is 0 Å². The summed E-state index contributed by atoms with van der Waals surface area (Å²) < 4.78 is 32.7. The number of carbonyl (C=O) groups is 2. The third-order valence-corrected chi connectivity index (χ3v) is 10.7. The second kappa shape index (κ2) is 39.2. The molecule has 0 spiro atoms. The van der Waals surface area contributed by atoms with Gasteiger partial charge in [-0.05, 0) is 12.8 Å². The van der Waals surface area contributed by atoms with E-state index in [4.69, 9.17) is 23.6 Å². The maximum Gasteiger partial charge on any atom is 0.472 e. The van der Waals surface area contributed by atoms with Crippen LogP contribution in [-0.2, 0) is 32.7 Å². The molecule has 0 saturated heterocycles. The van der Waals surface area contributed by atoms with Crippen LogP contribution in [0.4, 0.5) is 0 Å². The number of hydrogen-bond donors (Lipinski definition) is 3. The van der Waals surface area contributed by atoms with E-state index in [9.17, 15) is 24.2 Å². The van der Waals surface area contributed by atoms with E-state index in [1.165, 1.54) is 148 Å². The largest absolute Gasteiger partial charge is 0.472 e. The van der Waals surface area contributed by atoms with Gasteiger partial charge in [0.15, 0.2) is 6.10 Å². The number of aliphatic hydroxyl groups is 2. The van der Waals surface area contributed by atoms with Gasteiger partial charge in [-0.3, -0.25) is 18.6 Å². The number of rotatable bonds is 42. The Balaban J connectivity index is 4.24. The maximum atomic E-state index is 12.6. The van der Waals surface area contributed by atoms with Gasteiger partial charge in [0.1, 0.15) is 12.7 Å². The van der Waals surface area contributed by atoms with Gasteiger partial charge in [-0.15, -0.1) is 0 Å². The van der Waals surface area contributed by atoms with Crippen LogP contribution in [-0.4, -0.2) is 65.7 Å². The SMILES string of the molecule is CCCCCCCCCCCCCCCCCC(=O)OC[C@H](COP(=O)(O)OC[C@H](O)CO)OC(=O)CCCCCCCCCCCCCCCCC. The number of phosphoric ester groups is 1. The number of phosphoric acid groups is 1. The van der Waals surface area contributed by atoms with Crippen molar-refractivity contribution in [3.63, 3.8) is 0 Å². The van der Waals surface area contributed by atoms with Crippen molar-refractivity contribution < 1.29 is 47.8 Å². The number of ether oxygens (including phenoxy) is 2. The predicted octanol–water partition coefficient (Wildman–Crippen LogP) is 11.5. The lowest BCUT2D eigenvalue weighted by Crippen LogP contribution is -2.29. The third kappa shape index (κ3) is 39.0. The van der Waals surface area contributed by atoms with Crippen molar-refractivity contribution in [1.29, 1.82) is 0 Å². The van der Waals surface area contributed by atoms with Gasteiger partial charge in [-0.2, -0.15) is 0 Å². The average Bonchev–Trinajstić information content (AvgIpc) is 3.14. The van der Waals surface area contributed by atoms with E-state index in [0.717, 1.165) is 32.1 Å². The van der Waals surface area contributed by atoms with Gasteiger partial charge in [0.25, 0.3) is 0 Å². The van der Waals surface area contributed by atoms with Crippen LogP contribution in [0.25, 0.3) is 0 Å². The van der Waals surface area contributed by atoms with Crippen LogP contribution in [0.2, 0.25) is 0 Å². The van der Waals surface area contributed by atoms with E-state index < -0.39 is 51.8 Å². The Labute approximate surface area is 324 Å². The molecule has 0 rings (SSSR count). The number of esters is 2. The lowest BCUT2D eigenvalue weighted by atomic mass is 10.0. The van der Waals surface area contributed by atoms with Gasteiger partial charge < -0.3 is 24.6 Å². The monoisotopic (exact) mass is 779 g/mol. The fourth-order valence-electron chi connectivity index (χ4n) is 6.35. The highest BCUT2D eigenvalue weighted by Crippen LogP contribution is 2.43. The van der Waals surface area contributed by atoms with Crippen molar-refractivity contribution in [3.05, 3.63) is 0 Å². The summed E-state index contributed by atoms with van der Waals surface area (Å²) in [5.41, 5.74) is 0. The summed E-state index contributed by atoms with van der Waals surface area (Å²) in [5, 5.41) is 18.3. The Morgan fingerprint density at radius 1 is 0.491 bits per heavy atom. The quantitative estimate of drug-likeness (QED) is 0.0310. The zero-order chi connectivity index (χ0) is 39.1. The first kappa shape index (κ1) is 52.0. The lowest BCUT2D eigenvalue weighted by molar-refractivity contribution is -0.161. The maximum absolute atomic E-state index is 12.6. The fourth-order valence-corrected chi connectivity index (χ4v) is 7.14. The Hall–Kier alpha value is -1.03. The first-order chi connectivity index (χ1) is 25.7. The third-order valence-electron chi connectivity index (χ3n) is 9.76. The van der Waals surface area contributed by atoms with Crippen LogP contribution in [0.5, 0.6) is 0 Å². The molecule has 0 aromatic carbocycles. The molecule has 0 aliphatic carbocycles. The van der Waals surface area contributed by atoms with E-state index in [0.29, 0.717) is 12.8 Å². The van der Waals surface area contributed by atoms with Crippen LogP contribution in [0, 0.1) is 0 Å². The van der Waals surface area contributed by atoms with Gasteiger partial charge in [-0.25, -0.2) is 4.57 Å². The first-order valence-corrected chi connectivity index (χ1v) is 23.5. The Bertz CT molecular complexity index is 858. The van der Waals surface area contributed by atoms with Gasteiger partial charge in [0.2, 0.25) is 0 Å². The smallest absolute Gasteiger partial charge is 0.462 e. The minimum absolute atomic E-state index is 0.192. The van der Waals surface area contributed by atoms with Gasteiger partial charge in [-0.1, -0.05) is 194 Å². The van der Waals surface area contributed by atoms with E-state index in [1.807, 2.05) is 0 Å². The molecule has 0 radical (unpaired) electrons. The van der Waals surface area contributed by atoms with Crippen molar-refractivity contribution in [2.24, 2.45) is 0 Å². The molecular formula is C42H83O10P. The molecule has 3 atom stereocenters. The summed E-state index contributed by atoms with van der Waals surface area (Å²) in [6, 6.07) is 0. The summed E-state index contributed by atoms with van der Waals surface area (Å²) in [6.45, 7) is 2.42. The Morgan fingerprint density at radius 2 is 0.811 bits per heavy atom. The molecule has 0 aromatic rings. The number of aliphatic hydroxyl groups excluding tert-OH is 2. The lowest BCUT2D eigenvalue weighted by Gasteiger charge is -2.20. The van der Waals surface area contributed by atoms with Crippen molar-refractivity contribution in [2.45, 2.75) is 232 Å². The summed E-state index contributed by atoms with van der Waals surface area (Å²) in [5.74, 6) is -0.909. The number of carbonyl (C=O) groups excluding carboxylic acids is 2. The van der Waals surface area contributed by atoms with Crippen LogP contribution in [0.15, 0.2) is 0 Å². The second-order valence-electron chi connectivity index (χ2n) is 15.1. The summed E-state index contributed by atoms with van der Waals surface area (Å²) in [4.78, 5) is 35.0. The molecular weight excluding hydrogens is 695 g/mol. The molecule has 3 N–H and O–H groups in total. The number of hydrogen-bond acceptors (Lipinski definition) is 9. The topological polar surface area (TPSA) is 149 Å². The van der Waals surface area contributed by atoms with Gasteiger partial charge >= 0.3 is 19.8 Å². The molecule has 0 amide bonds. The van der Waals surface area contributed by atoms with Crippen LogP contribution >= 0.6 is 7.82 Å². The van der Waals surface area contributed by atoms with E-state index in [2.05, 4.69) is 13.8 Å². The molecule has 0 fully saturated rings. The first-order valence-electron chi connectivity index (χ1n) is 22.0. The minimum atomic E-state index is -4.61. The van der Waals surface area contributed by atoms with Crippen molar-refractivity contribution in [2.75, 3.05) is 26.4 Å². The highest BCUT2D eigenvalue weighted by Gasteiger charge is 2.27. The van der Waals surface area contributed by atoms with Crippen molar-refractivity contribution in [1.82, 2.24) is 0 Å². The van der Waals surface area contributed by atoms with Gasteiger partial charge in [0, 0.05) is 12.8 Å². The molecule has 11 heteroatoms. The normalized spacial score (nSPS) is 13.8. The van der Waals surface area contributed by atoms with Gasteiger partial charge in [0.05, 0.1) is 19.8 Å². The van der Waals surface area contributed by atoms with Crippen molar-refractivity contribution in [3.8, 4) is 0 Å². The predicted molar refractivity (Wildman–Crippen MR) is 215 cm³/mol. The van der Waals surface area contributed by atoms with E-state index >= 15 is 0 Å². The highest BCUT2D eigenvalue weighted by atomic mass is 31.2. The molecule has 0 bridgehead atoms. The Morgan fingerprint density at radius 3 is 1.17 bits per heavy atom. The van der Waals surface area contributed by atoms with Crippen LogP contribution < -0.4 is 0 Å². The molecule has 0 aliphatic heterocycles. The zero-order valence-corrected chi connectivity index (χ0v) is 35.2. The van der Waals surface area contributed by atoms with Crippen LogP contribution in [0.1, 0.15) is 219 Å². The molecule has 53 heavy (non-hydrogen) atoms. The standard InChI is InChI=1S/C42H83O10P/c1-3-5-7-9-11-13-15-17-19-21-23-25-27-29-31-33-41(45)49-37-40(38-51-53(47,48)50-36-39(44)35-43)52-42(46)34-32-30-28-26-24-22-20-18-16-14-12-10-8-6-4-2/h39-40,43-44H,3-38H2,1-2H3,(H,47,48)/t39-,40-/m1/s1. The van der Waals surface area contributed by atoms with Crippen molar-refractivity contribution >= 4 is 19.8 Å². The summed E-state index contributed by atoms with van der Waals surface area (Å²) in [6.07, 6.45) is 34.9. The molecule has 0 saturated carbocycles. The van der Waals surface area contributed by atoms with E-state index in [1.54, 1.807) is 0 Å². The molecule has 316 valence electrons. The molecule has 0 aliphatic rings. The second-order valence-corrected chi connectivity index (χ2v) is 16.5. The molecule has 0 heterocycles. The average molecular weight is 779 g/mol. The molecule has 10 nitrogen and oxygen atoms in total. The number of unbranched alkanes of at least 4 members (excludes halogenated alkanes) is 28. The molecule has 0 aromatic heterocycles. The minimum Gasteiger partial charge on any atom is -0.462 e. The highest BCUT2D eigenvalue weighted by molar-refractivity contribution is 7.47. The summed E-state index contributed by atoms with van der Waals surface area (Å²) in [7, 11) is -4.61. The molecule has 1 unspecified atom stereocenters.